The molecule has 0 amide bonds. The average Bonchev–Trinajstić information content (AvgIpc) is 2.48. The van der Waals surface area contributed by atoms with Crippen LogP contribution in [-0.4, -0.2) is 20.0 Å². The lowest BCUT2D eigenvalue weighted by molar-refractivity contribution is 0.0990. The minimum absolute atomic E-state index is 0.0406. The van der Waals surface area contributed by atoms with Gasteiger partial charge >= 0.3 is 0 Å². The Hall–Kier alpha value is -2.29. The first-order chi connectivity index (χ1) is 9.65. The molecule has 2 aromatic carbocycles. The molecule has 3 nitrogen and oxygen atoms in total. The molecule has 3 heteroatoms. The van der Waals surface area contributed by atoms with Gasteiger partial charge < -0.3 is 9.47 Å². The highest BCUT2D eigenvalue weighted by Crippen LogP contribution is 2.26. The number of hydrogen-bond acceptors (Lipinski definition) is 3. The predicted octanol–water partition coefficient (Wildman–Crippen LogP) is 3.44. The van der Waals surface area contributed by atoms with E-state index >= 15 is 0 Å². The molecule has 2 rings (SSSR count). The summed E-state index contributed by atoms with van der Waals surface area (Å²) in [6.45, 7) is 2.01. The number of aryl methyl sites for hydroxylation is 1. The zero-order valence-electron chi connectivity index (χ0n) is 12.0. The molecule has 0 aliphatic carbocycles. The van der Waals surface area contributed by atoms with E-state index in [2.05, 4.69) is 0 Å². The minimum Gasteiger partial charge on any atom is -0.497 e. The molecular weight excluding hydrogens is 252 g/mol. The summed E-state index contributed by atoms with van der Waals surface area (Å²) in [5, 5.41) is 0. The van der Waals surface area contributed by atoms with Crippen LogP contribution in [0.1, 0.15) is 21.5 Å². The third kappa shape index (κ3) is 2.99. The van der Waals surface area contributed by atoms with Crippen LogP contribution in [0, 0.1) is 6.92 Å². The fourth-order valence-corrected chi connectivity index (χ4v) is 2.11. The Balaban J connectivity index is 2.27. The van der Waals surface area contributed by atoms with Gasteiger partial charge in [-0.05, 0) is 30.2 Å². The van der Waals surface area contributed by atoms with Gasteiger partial charge in [-0.25, -0.2) is 0 Å². The van der Waals surface area contributed by atoms with Gasteiger partial charge in [-0.2, -0.15) is 0 Å². The maximum absolute atomic E-state index is 12.4. The number of Topliss-reactive ketones (excluding diaryl/α,β-unsaturated/α-hetero) is 1. The maximum Gasteiger partial charge on any atom is 0.170 e. The molecule has 0 atom stereocenters. The van der Waals surface area contributed by atoms with Crippen molar-refractivity contribution in [1.29, 1.82) is 0 Å². The van der Waals surface area contributed by atoms with E-state index in [4.69, 9.17) is 9.47 Å². The van der Waals surface area contributed by atoms with E-state index in [1.165, 1.54) is 0 Å². The molecule has 0 heterocycles. The van der Waals surface area contributed by atoms with Crippen molar-refractivity contribution in [2.45, 2.75) is 13.3 Å². The Kier molecular flexibility index (Phi) is 4.41. The molecular formula is C17H18O3. The molecule has 0 spiro atoms. The van der Waals surface area contributed by atoms with Crippen LogP contribution in [0.5, 0.6) is 11.5 Å². The summed E-state index contributed by atoms with van der Waals surface area (Å²) in [5.74, 6) is 1.26. The zero-order valence-corrected chi connectivity index (χ0v) is 12.0. The maximum atomic E-state index is 12.4. The first-order valence-corrected chi connectivity index (χ1v) is 6.45. The smallest absolute Gasteiger partial charge is 0.170 e. The van der Waals surface area contributed by atoms with Crippen molar-refractivity contribution in [1.82, 2.24) is 0 Å². The summed E-state index contributed by atoms with van der Waals surface area (Å²) >= 11 is 0. The molecule has 0 unspecified atom stereocenters. The van der Waals surface area contributed by atoms with Gasteiger partial charge in [0.1, 0.15) is 11.5 Å². The fraction of sp³-hybridized carbons (Fsp3) is 0.235. The lowest BCUT2D eigenvalue weighted by Gasteiger charge is -2.10. The molecule has 0 aliphatic rings. The van der Waals surface area contributed by atoms with Gasteiger partial charge in [-0.15, -0.1) is 0 Å². The van der Waals surface area contributed by atoms with E-state index in [0.717, 1.165) is 11.1 Å². The summed E-state index contributed by atoms with van der Waals surface area (Å²) in [6, 6.07) is 13.1. The van der Waals surface area contributed by atoms with Gasteiger partial charge in [0.05, 0.1) is 19.8 Å². The molecule has 0 aromatic heterocycles. The minimum atomic E-state index is 0.0406. The van der Waals surface area contributed by atoms with Crippen LogP contribution in [-0.2, 0) is 6.42 Å². The second kappa shape index (κ2) is 6.24. The number of methoxy groups -OCH3 is 2. The highest BCUT2D eigenvalue weighted by atomic mass is 16.5. The summed E-state index contributed by atoms with van der Waals surface area (Å²) in [7, 11) is 3.14. The summed E-state index contributed by atoms with van der Waals surface area (Å²) in [5.41, 5.74) is 2.74. The lowest BCUT2D eigenvalue weighted by atomic mass is 9.99. The summed E-state index contributed by atoms with van der Waals surface area (Å²) < 4.78 is 10.4. The van der Waals surface area contributed by atoms with Crippen molar-refractivity contribution in [3.05, 3.63) is 59.2 Å². The first kappa shape index (κ1) is 14.1. The third-order valence-corrected chi connectivity index (χ3v) is 3.32. The van der Waals surface area contributed by atoms with Crippen molar-refractivity contribution < 1.29 is 14.3 Å². The van der Waals surface area contributed by atoms with Crippen molar-refractivity contribution in [3.63, 3.8) is 0 Å². The monoisotopic (exact) mass is 270 g/mol. The number of ketones is 1. The second-order valence-electron chi connectivity index (χ2n) is 4.59. The molecule has 0 N–H and O–H groups in total. The summed E-state index contributed by atoms with van der Waals surface area (Å²) in [4.78, 5) is 12.4. The Morgan fingerprint density at radius 1 is 1.05 bits per heavy atom. The van der Waals surface area contributed by atoms with Gasteiger partial charge in [0.2, 0.25) is 0 Å². The van der Waals surface area contributed by atoms with E-state index in [0.29, 0.717) is 23.5 Å². The molecule has 0 radical (unpaired) electrons. The number of benzene rings is 2. The zero-order chi connectivity index (χ0) is 14.5. The van der Waals surface area contributed by atoms with E-state index in [1.54, 1.807) is 32.4 Å². The standard InChI is InChI=1S/C17H18O3/c1-12-6-4-5-7-13(12)10-16(18)15-9-8-14(19-2)11-17(15)20-3/h4-9,11H,10H2,1-3H3. The third-order valence-electron chi connectivity index (χ3n) is 3.32. The van der Waals surface area contributed by atoms with Gasteiger partial charge in [0.25, 0.3) is 0 Å². The van der Waals surface area contributed by atoms with Crippen LogP contribution >= 0.6 is 0 Å². The van der Waals surface area contributed by atoms with Gasteiger partial charge in [-0.1, -0.05) is 24.3 Å². The SMILES string of the molecule is COc1ccc(C(=O)Cc2ccccc2C)c(OC)c1. The number of ether oxygens (including phenoxy) is 2. The predicted molar refractivity (Wildman–Crippen MR) is 78.8 cm³/mol. The number of carbonyl (C=O) groups is 1. The average molecular weight is 270 g/mol. The molecule has 0 aliphatic heterocycles. The van der Waals surface area contributed by atoms with Crippen LogP contribution in [0.3, 0.4) is 0 Å². The van der Waals surface area contributed by atoms with Crippen LogP contribution < -0.4 is 9.47 Å². The Labute approximate surface area is 119 Å². The van der Waals surface area contributed by atoms with E-state index in [1.807, 2.05) is 31.2 Å². The Morgan fingerprint density at radius 2 is 1.80 bits per heavy atom. The van der Waals surface area contributed by atoms with Crippen LogP contribution in [0.4, 0.5) is 0 Å². The van der Waals surface area contributed by atoms with Crippen LogP contribution in [0.25, 0.3) is 0 Å². The topological polar surface area (TPSA) is 35.5 Å². The molecule has 0 fully saturated rings. The molecule has 0 saturated heterocycles. The number of hydrogen-bond donors (Lipinski definition) is 0. The van der Waals surface area contributed by atoms with Crippen molar-refractivity contribution in [2.24, 2.45) is 0 Å². The first-order valence-electron chi connectivity index (χ1n) is 6.45. The molecule has 0 saturated carbocycles. The lowest BCUT2D eigenvalue weighted by Crippen LogP contribution is -2.07. The van der Waals surface area contributed by atoms with E-state index in [9.17, 15) is 4.79 Å². The van der Waals surface area contributed by atoms with E-state index < -0.39 is 0 Å². The molecule has 104 valence electrons. The highest BCUT2D eigenvalue weighted by Gasteiger charge is 2.14. The molecule has 0 bridgehead atoms. The second-order valence-corrected chi connectivity index (χ2v) is 4.59. The summed E-state index contributed by atoms with van der Waals surface area (Å²) in [6.07, 6.45) is 0.370. The van der Waals surface area contributed by atoms with Gasteiger partial charge in [0, 0.05) is 12.5 Å². The fourth-order valence-electron chi connectivity index (χ4n) is 2.11. The largest absolute Gasteiger partial charge is 0.497 e. The number of rotatable bonds is 5. The number of carbonyl (C=O) groups excluding carboxylic acids is 1. The quantitative estimate of drug-likeness (QED) is 0.781. The van der Waals surface area contributed by atoms with E-state index in [-0.39, 0.29) is 5.78 Å². The normalized spacial score (nSPS) is 10.2. The van der Waals surface area contributed by atoms with Crippen molar-refractivity contribution in [3.8, 4) is 11.5 Å². The Bertz CT molecular complexity index is 617. The highest BCUT2D eigenvalue weighted by molar-refractivity contribution is 6.00. The molecule has 20 heavy (non-hydrogen) atoms. The van der Waals surface area contributed by atoms with Gasteiger partial charge in [-0.3, -0.25) is 4.79 Å². The van der Waals surface area contributed by atoms with Crippen molar-refractivity contribution >= 4 is 5.78 Å². The molecule has 2 aromatic rings. The van der Waals surface area contributed by atoms with Gasteiger partial charge in [0.15, 0.2) is 5.78 Å². The van der Waals surface area contributed by atoms with Crippen LogP contribution in [0.2, 0.25) is 0 Å². The van der Waals surface area contributed by atoms with Crippen LogP contribution in [0.15, 0.2) is 42.5 Å². The Morgan fingerprint density at radius 3 is 2.45 bits per heavy atom. The van der Waals surface area contributed by atoms with Crippen molar-refractivity contribution in [2.75, 3.05) is 14.2 Å².